The van der Waals surface area contributed by atoms with E-state index in [4.69, 9.17) is 5.73 Å². The van der Waals surface area contributed by atoms with E-state index in [9.17, 15) is 0 Å². The lowest BCUT2D eigenvalue weighted by Gasteiger charge is -2.19. The van der Waals surface area contributed by atoms with Crippen molar-refractivity contribution in [3.05, 3.63) is 196 Å². The maximum atomic E-state index is 5.49. The van der Waals surface area contributed by atoms with Crippen molar-refractivity contribution >= 4 is 5.70 Å². The molecule has 1 nitrogen and oxygen atoms in total. The SMILES string of the molecule is C=C(C)C(C)CCCc1ccc(CC)c(C)c1.C=C(N)c1cccc(C)c1.C=CC.CC1CC=CC=C1CCc1ccc(C(C)C)cc1CCc1ccccc1. The summed E-state index contributed by atoms with van der Waals surface area (Å²) in [5, 5.41) is 0. The highest BCUT2D eigenvalue weighted by molar-refractivity contribution is 5.60. The van der Waals surface area contributed by atoms with Crippen molar-refractivity contribution in [3.63, 3.8) is 0 Å². The monoisotopic (exact) mass is 750 g/mol. The quantitative estimate of drug-likeness (QED) is 0.128. The molecule has 2 unspecified atom stereocenters. The van der Waals surface area contributed by atoms with Crippen LogP contribution >= 0.6 is 0 Å². The van der Waals surface area contributed by atoms with Gasteiger partial charge in [0.05, 0.1) is 0 Å². The number of nitrogens with two attached hydrogens (primary N) is 1. The van der Waals surface area contributed by atoms with E-state index in [-0.39, 0.29) is 0 Å². The zero-order valence-electron chi connectivity index (χ0n) is 36.8. The van der Waals surface area contributed by atoms with E-state index in [1.165, 1.54) is 76.6 Å². The van der Waals surface area contributed by atoms with E-state index < -0.39 is 0 Å². The van der Waals surface area contributed by atoms with Gasteiger partial charge >= 0.3 is 0 Å². The van der Waals surface area contributed by atoms with Gasteiger partial charge < -0.3 is 5.73 Å². The third kappa shape index (κ3) is 17.9. The Morgan fingerprint density at radius 3 is 2.04 bits per heavy atom. The fourth-order valence-corrected chi connectivity index (χ4v) is 6.82. The Bertz CT molecular complexity index is 1830. The first kappa shape index (κ1) is 47.5. The number of rotatable bonds is 14. The molecular weight excluding hydrogens is 675 g/mol. The summed E-state index contributed by atoms with van der Waals surface area (Å²) in [7, 11) is 0. The Kier molecular flexibility index (Phi) is 22.3. The zero-order valence-corrected chi connectivity index (χ0v) is 36.8. The molecule has 2 N–H and O–H groups in total. The summed E-state index contributed by atoms with van der Waals surface area (Å²) in [6, 6.07) is 33.0. The van der Waals surface area contributed by atoms with Crippen LogP contribution in [-0.4, -0.2) is 0 Å². The van der Waals surface area contributed by atoms with Crippen molar-refractivity contribution < 1.29 is 0 Å². The van der Waals surface area contributed by atoms with E-state index in [2.05, 4.69) is 153 Å². The highest BCUT2D eigenvalue weighted by atomic mass is 14.6. The molecule has 4 aromatic carbocycles. The number of allylic oxidation sites excluding steroid dienone is 6. The van der Waals surface area contributed by atoms with E-state index in [0.29, 0.717) is 23.5 Å². The largest absolute Gasteiger partial charge is 0.399 e. The van der Waals surface area contributed by atoms with Crippen LogP contribution in [0.4, 0.5) is 0 Å². The first-order valence-electron chi connectivity index (χ1n) is 21.1. The second-order valence-corrected chi connectivity index (χ2v) is 16.0. The molecular formula is C55H75N. The number of aryl methyl sites for hydroxylation is 7. The number of hydrogen-bond donors (Lipinski definition) is 1. The molecule has 0 aliphatic heterocycles. The Morgan fingerprint density at radius 1 is 0.786 bits per heavy atom. The molecule has 5 rings (SSSR count). The minimum Gasteiger partial charge on any atom is -0.399 e. The smallest absolute Gasteiger partial charge is 0.0314 e. The van der Waals surface area contributed by atoms with E-state index in [0.717, 1.165) is 31.2 Å². The van der Waals surface area contributed by atoms with Crippen molar-refractivity contribution in [2.45, 2.75) is 126 Å². The van der Waals surface area contributed by atoms with Crippen molar-refractivity contribution in [2.75, 3.05) is 0 Å². The summed E-state index contributed by atoms with van der Waals surface area (Å²) in [5.74, 6) is 1.94. The molecule has 2 atom stereocenters. The van der Waals surface area contributed by atoms with Crippen LogP contribution < -0.4 is 5.73 Å². The molecule has 0 aromatic heterocycles. The third-order valence-corrected chi connectivity index (χ3v) is 10.8. The lowest BCUT2D eigenvalue weighted by Crippen LogP contribution is -2.05. The Hall–Kier alpha value is -4.62. The average molecular weight is 750 g/mol. The molecule has 1 aliphatic carbocycles. The van der Waals surface area contributed by atoms with Crippen LogP contribution in [0.1, 0.15) is 130 Å². The van der Waals surface area contributed by atoms with Gasteiger partial charge in [-0.05, 0) is 154 Å². The molecule has 0 saturated carbocycles. The van der Waals surface area contributed by atoms with Gasteiger partial charge in [-0.1, -0.05) is 174 Å². The number of hydrogen-bond acceptors (Lipinski definition) is 1. The van der Waals surface area contributed by atoms with Gasteiger partial charge in [0.1, 0.15) is 0 Å². The Labute approximate surface area is 344 Å². The van der Waals surface area contributed by atoms with Crippen LogP contribution in [0, 0.1) is 25.7 Å². The third-order valence-electron chi connectivity index (χ3n) is 10.8. The van der Waals surface area contributed by atoms with E-state index in [1.807, 2.05) is 38.1 Å². The van der Waals surface area contributed by atoms with Crippen LogP contribution in [0.3, 0.4) is 0 Å². The fraction of sp³-hybridized carbons (Fsp3) is 0.382. The van der Waals surface area contributed by atoms with Crippen molar-refractivity contribution in [3.8, 4) is 0 Å². The summed E-state index contributed by atoms with van der Waals surface area (Å²) >= 11 is 0. The molecule has 0 bridgehead atoms. The minimum absolute atomic E-state index is 0.589. The maximum Gasteiger partial charge on any atom is 0.0314 e. The maximum absolute atomic E-state index is 5.49. The van der Waals surface area contributed by atoms with E-state index in [1.54, 1.807) is 17.2 Å². The molecule has 0 spiro atoms. The second-order valence-electron chi connectivity index (χ2n) is 16.0. The fourth-order valence-electron chi connectivity index (χ4n) is 6.82. The van der Waals surface area contributed by atoms with Crippen molar-refractivity contribution in [1.29, 1.82) is 0 Å². The van der Waals surface area contributed by atoms with Gasteiger partial charge in [-0.2, -0.15) is 0 Å². The van der Waals surface area contributed by atoms with Gasteiger partial charge in [0.15, 0.2) is 0 Å². The van der Waals surface area contributed by atoms with Crippen LogP contribution in [0.2, 0.25) is 0 Å². The first-order valence-corrected chi connectivity index (χ1v) is 21.1. The lowest BCUT2D eigenvalue weighted by atomic mass is 9.87. The molecule has 56 heavy (non-hydrogen) atoms. The van der Waals surface area contributed by atoms with E-state index >= 15 is 0 Å². The summed E-state index contributed by atoms with van der Waals surface area (Å²) in [5.41, 5.74) is 21.6. The molecule has 4 aromatic rings. The van der Waals surface area contributed by atoms with Gasteiger partial charge in [-0.25, -0.2) is 0 Å². The predicted molar refractivity (Wildman–Crippen MR) is 251 cm³/mol. The Morgan fingerprint density at radius 2 is 1.46 bits per heavy atom. The summed E-state index contributed by atoms with van der Waals surface area (Å²) in [4.78, 5) is 0. The normalized spacial score (nSPS) is 13.5. The van der Waals surface area contributed by atoms with Crippen LogP contribution in [0.15, 0.2) is 146 Å². The Balaban J connectivity index is 0.000000309. The molecule has 0 amide bonds. The molecule has 0 saturated heterocycles. The molecule has 1 aliphatic rings. The molecule has 1 heteroatoms. The minimum atomic E-state index is 0.589. The first-order chi connectivity index (χ1) is 26.8. The van der Waals surface area contributed by atoms with Gasteiger partial charge in [0.25, 0.3) is 0 Å². The standard InChI is InChI=1S/C26H32.C17H26.C9H11N.C3H6/c1-20(2)25-18-17-24(16-15-23-12-8-7-9-21(23)3)26(19-25)14-13-22-10-5-4-6-11-22;1-6-17-11-10-16(12-15(17)5)9-7-8-14(4)13(2)3;1-7-4-3-5-9(6-7)8(2)10;1-3-2/h4-8,10-12,17-21H,9,13-16H2,1-3H3;10-12,14H,2,6-9H2,1,3-5H3;3-6H,2,10H2,1H3;3H,1H2,2H3. The van der Waals surface area contributed by atoms with Gasteiger partial charge in [-0.15, -0.1) is 6.58 Å². The van der Waals surface area contributed by atoms with Crippen molar-refractivity contribution in [2.24, 2.45) is 17.6 Å². The zero-order chi connectivity index (χ0) is 41.5. The summed E-state index contributed by atoms with van der Waals surface area (Å²) in [6.07, 6.45) is 19.2. The lowest BCUT2D eigenvalue weighted by molar-refractivity contribution is 0.580. The highest BCUT2D eigenvalue weighted by Gasteiger charge is 2.12. The van der Waals surface area contributed by atoms with Gasteiger partial charge in [0, 0.05) is 5.70 Å². The molecule has 0 heterocycles. The van der Waals surface area contributed by atoms with Gasteiger partial charge in [-0.3, -0.25) is 0 Å². The summed E-state index contributed by atoms with van der Waals surface area (Å²) in [6.45, 7) is 30.7. The average Bonchev–Trinajstić information content (AvgIpc) is 3.18. The van der Waals surface area contributed by atoms with Crippen LogP contribution in [0.5, 0.6) is 0 Å². The van der Waals surface area contributed by atoms with Crippen LogP contribution in [0.25, 0.3) is 5.70 Å². The van der Waals surface area contributed by atoms with Crippen molar-refractivity contribution in [1.82, 2.24) is 0 Å². The topological polar surface area (TPSA) is 26.0 Å². The number of benzene rings is 4. The summed E-state index contributed by atoms with van der Waals surface area (Å²) < 4.78 is 0. The van der Waals surface area contributed by atoms with Gasteiger partial charge in [0.2, 0.25) is 0 Å². The highest BCUT2D eigenvalue weighted by Crippen LogP contribution is 2.27. The molecule has 0 radical (unpaired) electrons. The second kappa shape index (κ2) is 26.3. The molecule has 0 fully saturated rings. The predicted octanol–water partition coefficient (Wildman–Crippen LogP) is 15.3. The van der Waals surface area contributed by atoms with Crippen LogP contribution in [-0.2, 0) is 32.1 Å². The molecule has 300 valence electrons.